The summed E-state index contributed by atoms with van der Waals surface area (Å²) in [6.45, 7) is 1.64. The third-order valence-corrected chi connectivity index (χ3v) is 3.68. The highest BCUT2D eigenvalue weighted by Gasteiger charge is 2.26. The van der Waals surface area contributed by atoms with Crippen LogP contribution in [-0.2, 0) is 0 Å². The molecule has 0 spiro atoms. The monoisotopic (exact) mass is 318 g/mol. The molecule has 1 saturated heterocycles. The van der Waals surface area contributed by atoms with Gasteiger partial charge in [-0.1, -0.05) is 12.1 Å². The molecule has 5 heteroatoms. The summed E-state index contributed by atoms with van der Waals surface area (Å²) in [5.74, 6) is 0.116. The van der Waals surface area contributed by atoms with Crippen molar-refractivity contribution in [1.82, 2.24) is 10.2 Å². The van der Waals surface area contributed by atoms with Crippen LogP contribution in [-0.4, -0.2) is 37.0 Å². The lowest BCUT2D eigenvalue weighted by molar-refractivity contribution is 0.0789. The van der Waals surface area contributed by atoms with E-state index in [0.717, 1.165) is 29.5 Å². The fraction of sp³-hybridized carbons (Fsp3) is 0.417. The Bertz CT molecular complexity index is 400. The molecule has 0 bridgehead atoms. The number of hydrogen-bond acceptors (Lipinski definition) is 2. The molecule has 94 valence electrons. The van der Waals surface area contributed by atoms with Crippen LogP contribution in [0.3, 0.4) is 0 Å². The van der Waals surface area contributed by atoms with Gasteiger partial charge < -0.3 is 10.2 Å². The summed E-state index contributed by atoms with van der Waals surface area (Å²) in [5.41, 5.74) is 0.749. The molecule has 17 heavy (non-hydrogen) atoms. The van der Waals surface area contributed by atoms with Crippen LogP contribution in [0, 0.1) is 0 Å². The van der Waals surface area contributed by atoms with Crippen LogP contribution in [0.2, 0.25) is 0 Å². The average molecular weight is 320 g/mol. The van der Waals surface area contributed by atoms with Crippen molar-refractivity contribution in [3.8, 4) is 0 Å². The molecule has 1 aromatic carbocycles. The lowest BCUT2D eigenvalue weighted by Gasteiger charge is -2.17. The molecule has 1 atom stereocenters. The number of rotatable bonds is 2. The molecule has 1 aliphatic rings. The molecule has 0 aromatic heterocycles. The van der Waals surface area contributed by atoms with Crippen LogP contribution in [0.1, 0.15) is 16.8 Å². The molecule has 1 heterocycles. The number of nitrogens with zero attached hydrogens (tertiary/aromatic N) is 1. The standard InChI is InChI=1S/C12H15BrN2O.ClH/c1-14-9-6-7-15(8-9)12(16)10-4-2-3-5-11(10)13;/h2-5,9,14H,6-8H2,1H3;1H. The Morgan fingerprint density at radius 2 is 2.18 bits per heavy atom. The second kappa shape index (κ2) is 6.38. The van der Waals surface area contributed by atoms with Gasteiger partial charge in [-0.25, -0.2) is 0 Å². The summed E-state index contributed by atoms with van der Waals surface area (Å²) in [7, 11) is 1.94. The van der Waals surface area contributed by atoms with Crippen molar-refractivity contribution in [2.24, 2.45) is 0 Å². The molecule has 1 unspecified atom stereocenters. The number of carbonyl (C=O) groups is 1. The molecule has 0 saturated carbocycles. The lowest BCUT2D eigenvalue weighted by atomic mass is 10.2. The van der Waals surface area contributed by atoms with Crippen molar-refractivity contribution in [2.75, 3.05) is 20.1 Å². The number of carbonyl (C=O) groups excluding carboxylic acids is 1. The van der Waals surface area contributed by atoms with Gasteiger partial charge in [0.15, 0.2) is 0 Å². The fourth-order valence-corrected chi connectivity index (χ4v) is 2.44. The zero-order valence-corrected chi connectivity index (χ0v) is 12.1. The Morgan fingerprint density at radius 3 is 2.76 bits per heavy atom. The van der Waals surface area contributed by atoms with Gasteiger partial charge in [-0.05, 0) is 41.5 Å². The zero-order chi connectivity index (χ0) is 11.5. The molecule has 1 aliphatic heterocycles. The van der Waals surface area contributed by atoms with Crippen molar-refractivity contribution >= 4 is 34.2 Å². The lowest BCUT2D eigenvalue weighted by Crippen LogP contribution is -2.33. The molecule has 1 aromatic rings. The predicted molar refractivity (Wildman–Crippen MR) is 74.8 cm³/mol. The summed E-state index contributed by atoms with van der Waals surface area (Å²) in [6.07, 6.45) is 1.03. The zero-order valence-electron chi connectivity index (χ0n) is 9.65. The van der Waals surface area contributed by atoms with Crippen molar-refractivity contribution in [2.45, 2.75) is 12.5 Å². The molecule has 1 amide bonds. The Kier molecular flexibility index (Phi) is 5.43. The van der Waals surface area contributed by atoms with Crippen LogP contribution >= 0.6 is 28.3 Å². The summed E-state index contributed by atoms with van der Waals surface area (Å²) in [4.78, 5) is 14.1. The summed E-state index contributed by atoms with van der Waals surface area (Å²) in [6, 6.07) is 8.01. The summed E-state index contributed by atoms with van der Waals surface area (Å²) in [5, 5.41) is 3.21. The third-order valence-electron chi connectivity index (χ3n) is 2.99. The van der Waals surface area contributed by atoms with E-state index in [1.165, 1.54) is 0 Å². The van der Waals surface area contributed by atoms with Crippen molar-refractivity contribution < 1.29 is 4.79 Å². The van der Waals surface area contributed by atoms with Crippen molar-refractivity contribution in [3.63, 3.8) is 0 Å². The minimum absolute atomic E-state index is 0. The Labute approximate surface area is 116 Å². The van der Waals surface area contributed by atoms with Gasteiger partial charge in [0, 0.05) is 23.6 Å². The van der Waals surface area contributed by atoms with E-state index in [1.807, 2.05) is 36.2 Å². The van der Waals surface area contributed by atoms with Gasteiger partial charge in [0.05, 0.1) is 5.56 Å². The van der Waals surface area contributed by atoms with Gasteiger partial charge in [-0.2, -0.15) is 0 Å². The first-order valence-corrected chi connectivity index (χ1v) is 6.22. The number of benzene rings is 1. The highest BCUT2D eigenvalue weighted by atomic mass is 79.9. The largest absolute Gasteiger partial charge is 0.337 e. The Balaban J connectivity index is 0.00000144. The smallest absolute Gasteiger partial charge is 0.255 e. The Morgan fingerprint density at radius 1 is 1.47 bits per heavy atom. The van der Waals surface area contributed by atoms with E-state index in [1.54, 1.807) is 0 Å². The number of amides is 1. The molecule has 3 nitrogen and oxygen atoms in total. The van der Waals surface area contributed by atoms with Gasteiger partial charge >= 0.3 is 0 Å². The average Bonchev–Trinajstić information content (AvgIpc) is 2.77. The van der Waals surface area contributed by atoms with Crippen LogP contribution in [0.4, 0.5) is 0 Å². The number of halogens is 2. The summed E-state index contributed by atoms with van der Waals surface area (Å²) >= 11 is 3.41. The molecule has 2 rings (SSSR count). The normalized spacial score (nSPS) is 18.9. The first-order valence-electron chi connectivity index (χ1n) is 5.43. The number of hydrogen-bond donors (Lipinski definition) is 1. The Hall–Kier alpha value is -0.580. The third kappa shape index (κ3) is 3.21. The molecule has 1 fully saturated rings. The van der Waals surface area contributed by atoms with Crippen LogP contribution in [0.25, 0.3) is 0 Å². The first-order chi connectivity index (χ1) is 7.72. The van der Waals surface area contributed by atoms with E-state index in [9.17, 15) is 4.79 Å². The van der Waals surface area contributed by atoms with E-state index >= 15 is 0 Å². The molecule has 0 aliphatic carbocycles. The van der Waals surface area contributed by atoms with Crippen LogP contribution in [0.15, 0.2) is 28.7 Å². The molecular weight excluding hydrogens is 304 g/mol. The molecular formula is C12H16BrClN2O. The van der Waals surface area contributed by atoms with Gasteiger partial charge in [-0.3, -0.25) is 4.79 Å². The van der Waals surface area contributed by atoms with E-state index in [-0.39, 0.29) is 18.3 Å². The van der Waals surface area contributed by atoms with Gasteiger partial charge in [-0.15, -0.1) is 12.4 Å². The summed E-state index contributed by atoms with van der Waals surface area (Å²) < 4.78 is 0.868. The SMILES string of the molecule is CNC1CCN(C(=O)c2ccccc2Br)C1.Cl. The first kappa shape index (κ1) is 14.5. The van der Waals surface area contributed by atoms with E-state index < -0.39 is 0 Å². The second-order valence-corrected chi connectivity index (χ2v) is 4.86. The highest BCUT2D eigenvalue weighted by molar-refractivity contribution is 9.10. The van der Waals surface area contributed by atoms with Crippen LogP contribution in [0.5, 0.6) is 0 Å². The van der Waals surface area contributed by atoms with E-state index in [2.05, 4.69) is 21.2 Å². The topological polar surface area (TPSA) is 32.3 Å². The van der Waals surface area contributed by atoms with E-state index in [4.69, 9.17) is 0 Å². The number of likely N-dealkylation sites (N-methyl/N-ethyl adjacent to an activating group) is 1. The van der Waals surface area contributed by atoms with Crippen LogP contribution < -0.4 is 5.32 Å². The second-order valence-electron chi connectivity index (χ2n) is 4.01. The van der Waals surface area contributed by atoms with E-state index in [0.29, 0.717) is 6.04 Å². The minimum Gasteiger partial charge on any atom is -0.337 e. The van der Waals surface area contributed by atoms with Crippen molar-refractivity contribution in [1.29, 1.82) is 0 Å². The molecule has 0 radical (unpaired) electrons. The highest BCUT2D eigenvalue weighted by Crippen LogP contribution is 2.20. The predicted octanol–water partition coefficient (Wildman–Crippen LogP) is 2.30. The van der Waals surface area contributed by atoms with Crippen molar-refractivity contribution in [3.05, 3.63) is 34.3 Å². The minimum atomic E-state index is 0. The van der Waals surface area contributed by atoms with Gasteiger partial charge in [0.25, 0.3) is 5.91 Å². The molecule has 1 N–H and O–H groups in total. The maximum atomic E-state index is 12.2. The van der Waals surface area contributed by atoms with Gasteiger partial charge in [0.2, 0.25) is 0 Å². The number of nitrogens with one attached hydrogen (secondary N) is 1. The maximum absolute atomic E-state index is 12.2. The maximum Gasteiger partial charge on any atom is 0.255 e. The fourth-order valence-electron chi connectivity index (χ4n) is 1.99. The number of likely N-dealkylation sites (tertiary alicyclic amines) is 1. The quantitative estimate of drug-likeness (QED) is 0.907. The van der Waals surface area contributed by atoms with Gasteiger partial charge in [0.1, 0.15) is 0 Å².